The number of fused-ring (bicyclic) bond motifs is 1. The number of hydrogen-bond donors (Lipinski definition) is 2. The molecule has 96 valence electrons. The number of methoxy groups -OCH3 is 1. The third kappa shape index (κ3) is 1.70. The van der Waals surface area contributed by atoms with Gasteiger partial charge in [0.05, 0.1) is 18.2 Å². The normalized spacial score (nSPS) is 20.8. The standard InChI is InChI=1S/C13H17N3O2/c1-18-10-5-4-9-11(16-10)14-8-13(12(17)15-9)6-2-3-7-13/h4-5H,2-3,6-8H2,1H3,(H,14,16)(H,15,17). The highest BCUT2D eigenvalue weighted by molar-refractivity contribution is 5.99. The minimum atomic E-state index is -0.256. The lowest BCUT2D eigenvalue weighted by Gasteiger charge is -2.24. The number of carbonyl (C=O) groups is 1. The average Bonchev–Trinajstić information content (AvgIpc) is 2.82. The number of nitrogens with one attached hydrogen (secondary N) is 2. The Kier molecular flexibility index (Phi) is 2.61. The summed E-state index contributed by atoms with van der Waals surface area (Å²) in [5.74, 6) is 1.38. The molecule has 0 unspecified atom stereocenters. The molecule has 0 saturated heterocycles. The number of anilines is 2. The van der Waals surface area contributed by atoms with E-state index < -0.39 is 0 Å². The Morgan fingerprint density at radius 2 is 2.11 bits per heavy atom. The number of nitrogens with zero attached hydrogens (tertiary/aromatic N) is 1. The summed E-state index contributed by atoms with van der Waals surface area (Å²) < 4.78 is 5.10. The zero-order valence-electron chi connectivity index (χ0n) is 10.5. The van der Waals surface area contributed by atoms with Crippen LogP contribution in [0.25, 0.3) is 0 Å². The summed E-state index contributed by atoms with van der Waals surface area (Å²) in [4.78, 5) is 16.7. The summed E-state index contributed by atoms with van der Waals surface area (Å²) in [6.45, 7) is 0.659. The van der Waals surface area contributed by atoms with Crippen LogP contribution in [0.5, 0.6) is 5.88 Å². The second-order valence-electron chi connectivity index (χ2n) is 5.04. The molecule has 0 radical (unpaired) electrons. The summed E-state index contributed by atoms with van der Waals surface area (Å²) in [6, 6.07) is 3.59. The molecule has 1 fully saturated rings. The molecule has 18 heavy (non-hydrogen) atoms. The molecule has 2 N–H and O–H groups in total. The van der Waals surface area contributed by atoms with Gasteiger partial charge in [0.25, 0.3) is 0 Å². The Morgan fingerprint density at radius 3 is 2.83 bits per heavy atom. The number of hydrogen-bond acceptors (Lipinski definition) is 4. The van der Waals surface area contributed by atoms with Gasteiger partial charge >= 0.3 is 0 Å². The molecule has 1 aromatic rings. The van der Waals surface area contributed by atoms with E-state index in [0.717, 1.165) is 31.4 Å². The third-order valence-electron chi connectivity index (χ3n) is 3.96. The predicted octanol–water partition coefficient (Wildman–Crippen LogP) is 2.01. The summed E-state index contributed by atoms with van der Waals surface area (Å²) >= 11 is 0. The minimum Gasteiger partial charge on any atom is -0.481 e. The number of aromatic nitrogens is 1. The lowest BCUT2D eigenvalue weighted by Crippen LogP contribution is -2.37. The largest absolute Gasteiger partial charge is 0.481 e. The maximum Gasteiger partial charge on any atom is 0.232 e. The van der Waals surface area contributed by atoms with E-state index >= 15 is 0 Å². The molecule has 3 rings (SSSR count). The first-order valence-electron chi connectivity index (χ1n) is 6.34. The van der Waals surface area contributed by atoms with Crippen molar-refractivity contribution in [3.05, 3.63) is 12.1 Å². The quantitative estimate of drug-likeness (QED) is 0.797. The van der Waals surface area contributed by atoms with E-state index in [1.165, 1.54) is 0 Å². The van der Waals surface area contributed by atoms with Gasteiger partial charge in [-0.3, -0.25) is 4.79 Å². The lowest BCUT2D eigenvalue weighted by molar-refractivity contribution is -0.124. The highest BCUT2D eigenvalue weighted by Crippen LogP contribution is 2.41. The highest BCUT2D eigenvalue weighted by atomic mass is 16.5. The summed E-state index contributed by atoms with van der Waals surface area (Å²) in [7, 11) is 1.59. The van der Waals surface area contributed by atoms with E-state index in [0.29, 0.717) is 18.2 Å². The van der Waals surface area contributed by atoms with E-state index in [9.17, 15) is 4.79 Å². The van der Waals surface area contributed by atoms with Crippen LogP contribution in [0.15, 0.2) is 12.1 Å². The molecular weight excluding hydrogens is 230 g/mol. The van der Waals surface area contributed by atoms with Crippen LogP contribution in [-0.2, 0) is 4.79 Å². The highest BCUT2D eigenvalue weighted by Gasteiger charge is 2.42. The first kappa shape index (κ1) is 11.3. The van der Waals surface area contributed by atoms with Crippen molar-refractivity contribution in [1.29, 1.82) is 0 Å². The van der Waals surface area contributed by atoms with E-state index in [-0.39, 0.29) is 11.3 Å². The van der Waals surface area contributed by atoms with E-state index in [4.69, 9.17) is 4.74 Å². The molecule has 1 saturated carbocycles. The van der Waals surface area contributed by atoms with Crippen molar-refractivity contribution in [1.82, 2.24) is 4.98 Å². The first-order chi connectivity index (χ1) is 8.73. The third-order valence-corrected chi connectivity index (χ3v) is 3.96. The average molecular weight is 247 g/mol. The van der Waals surface area contributed by atoms with Gasteiger partial charge in [0, 0.05) is 12.6 Å². The van der Waals surface area contributed by atoms with Crippen LogP contribution >= 0.6 is 0 Å². The van der Waals surface area contributed by atoms with Gasteiger partial charge < -0.3 is 15.4 Å². The van der Waals surface area contributed by atoms with Gasteiger partial charge in [0.1, 0.15) is 0 Å². The van der Waals surface area contributed by atoms with Gasteiger partial charge in [-0.2, -0.15) is 4.98 Å². The molecule has 1 spiro atoms. The van der Waals surface area contributed by atoms with Crippen molar-refractivity contribution in [2.24, 2.45) is 5.41 Å². The van der Waals surface area contributed by atoms with Crippen LogP contribution in [0, 0.1) is 5.41 Å². The van der Waals surface area contributed by atoms with Crippen LogP contribution in [0.2, 0.25) is 0 Å². The van der Waals surface area contributed by atoms with Crippen molar-refractivity contribution < 1.29 is 9.53 Å². The lowest BCUT2D eigenvalue weighted by atomic mass is 9.85. The van der Waals surface area contributed by atoms with Crippen LogP contribution in [0.3, 0.4) is 0 Å². The zero-order chi connectivity index (χ0) is 12.6. The van der Waals surface area contributed by atoms with Crippen molar-refractivity contribution in [3.8, 4) is 5.88 Å². The van der Waals surface area contributed by atoms with E-state index in [1.807, 2.05) is 6.07 Å². The number of carbonyl (C=O) groups excluding carboxylic acids is 1. The van der Waals surface area contributed by atoms with Crippen molar-refractivity contribution in [2.75, 3.05) is 24.3 Å². The Balaban J connectivity index is 1.93. The maximum atomic E-state index is 12.3. The Bertz CT molecular complexity index is 481. The molecule has 0 bridgehead atoms. The van der Waals surface area contributed by atoms with Gasteiger partial charge in [-0.15, -0.1) is 0 Å². The van der Waals surface area contributed by atoms with E-state index in [1.54, 1.807) is 13.2 Å². The fraction of sp³-hybridized carbons (Fsp3) is 0.538. The zero-order valence-corrected chi connectivity index (χ0v) is 10.5. The fourth-order valence-electron chi connectivity index (χ4n) is 2.83. The summed E-state index contributed by atoms with van der Waals surface area (Å²) in [5, 5.41) is 6.28. The Hall–Kier alpha value is -1.78. The van der Waals surface area contributed by atoms with Crippen molar-refractivity contribution in [3.63, 3.8) is 0 Å². The molecule has 1 amide bonds. The number of amides is 1. The number of rotatable bonds is 1. The molecule has 1 aliphatic carbocycles. The Labute approximate surface area is 106 Å². The number of ether oxygens (including phenoxy) is 1. The van der Waals surface area contributed by atoms with Gasteiger partial charge in [-0.25, -0.2) is 0 Å². The van der Waals surface area contributed by atoms with Gasteiger partial charge in [-0.1, -0.05) is 12.8 Å². The predicted molar refractivity (Wildman–Crippen MR) is 68.8 cm³/mol. The van der Waals surface area contributed by atoms with Crippen LogP contribution in [0.1, 0.15) is 25.7 Å². The van der Waals surface area contributed by atoms with Crippen LogP contribution in [-0.4, -0.2) is 24.5 Å². The first-order valence-corrected chi connectivity index (χ1v) is 6.34. The van der Waals surface area contributed by atoms with Gasteiger partial charge in [0.2, 0.25) is 11.8 Å². The smallest absolute Gasteiger partial charge is 0.232 e. The molecule has 2 heterocycles. The van der Waals surface area contributed by atoms with Gasteiger partial charge in [0.15, 0.2) is 5.82 Å². The molecule has 5 nitrogen and oxygen atoms in total. The number of pyridine rings is 1. The van der Waals surface area contributed by atoms with Crippen LogP contribution < -0.4 is 15.4 Å². The molecule has 1 aromatic heterocycles. The molecule has 0 atom stereocenters. The maximum absolute atomic E-state index is 12.3. The van der Waals surface area contributed by atoms with Crippen LogP contribution in [0.4, 0.5) is 11.5 Å². The Morgan fingerprint density at radius 1 is 1.33 bits per heavy atom. The summed E-state index contributed by atoms with van der Waals surface area (Å²) in [6.07, 6.45) is 4.16. The SMILES string of the molecule is COc1ccc2c(n1)NCC1(CCCC1)C(=O)N2. The summed E-state index contributed by atoms with van der Waals surface area (Å²) in [5.41, 5.74) is 0.484. The molecule has 2 aliphatic rings. The molecular formula is C13H17N3O2. The van der Waals surface area contributed by atoms with Crippen molar-refractivity contribution >= 4 is 17.4 Å². The molecule has 0 aromatic carbocycles. The van der Waals surface area contributed by atoms with E-state index in [2.05, 4.69) is 15.6 Å². The minimum absolute atomic E-state index is 0.123. The second-order valence-corrected chi connectivity index (χ2v) is 5.04. The van der Waals surface area contributed by atoms with Gasteiger partial charge in [-0.05, 0) is 18.9 Å². The fourth-order valence-corrected chi connectivity index (χ4v) is 2.83. The monoisotopic (exact) mass is 247 g/mol. The molecule has 5 heteroatoms. The van der Waals surface area contributed by atoms with Crippen molar-refractivity contribution in [2.45, 2.75) is 25.7 Å². The topological polar surface area (TPSA) is 63.2 Å². The second kappa shape index (κ2) is 4.15. The molecule has 1 aliphatic heterocycles.